The van der Waals surface area contributed by atoms with E-state index in [0.29, 0.717) is 19.6 Å². The van der Waals surface area contributed by atoms with Gasteiger partial charge in [0.05, 0.1) is 12.6 Å². The molecule has 0 radical (unpaired) electrons. The fourth-order valence-corrected chi connectivity index (χ4v) is 3.84. The number of rotatable bonds is 12. The number of carbonyl (C=O) groups is 2. The lowest BCUT2D eigenvalue weighted by atomic mass is 10.0. The molecule has 1 aliphatic heterocycles. The Morgan fingerprint density at radius 1 is 1.00 bits per heavy atom. The van der Waals surface area contributed by atoms with Gasteiger partial charge in [-0.15, -0.1) is 0 Å². The van der Waals surface area contributed by atoms with E-state index in [1.165, 1.54) is 5.56 Å². The first-order valence-corrected chi connectivity index (χ1v) is 11.2. The molecular weight excluding hydrogens is 390 g/mol. The minimum absolute atomic E-state index is 0.0605. The summed E-state index contributed by atoms with van der Waals surface area (Å²) in [5.74, 6) is 0.925. The molecule has 6 nitrogen and oxygen atoms in total. The Bertz CT molecular complexity index is 841. The summed E-state index contributed by atoms with van der Waals surface area (Å²) in [6.07, 6.45) is 5.13. The summed E-state index contributed by atoms with van der Waals surface area (Å²) >= 11 is 0. The molecule has 0 unspecified atom stereocenters. The molecule has 3 amide bonds. The average Bonchev–Trinajstić information content (AvgIpc) is 3.09. The number of amides is 3. The van der Waals surface area contributed by atoms with Crippen molar-refractivity contribution >= 4 is 11.9 Å². The van der Waals surface area contributed by atoms with Crippen LogP contribution >= 0.6 is 0 Å². The van der Waals surface area contributed by atoms with E-state index in [-0.39, 0.29) is 24.0 Å². The van der Waals surface area contributed by atoms with Gasteiger partial charge in [0.15, 0.2) is 0 Å². The van der Waals surface area contributed by atoms with Crippen molar-refractivity contribution in [3.8, 4) is 5.75 Å². The SMILES string of the molecule is C[C@H]1NC(=O)N[C@H]1CCCCCC(=O)NCCOc1ccccc1Cc1ccccc1. The Kier molecular flexibility index (Phi) is 8.76. The van der Waals surface area contributed by atoms with Gasteiger partial charge in [-0.3, -0.25) is 4.79 Å². The number of ether oxygens (including phenoxy) is 1. The van der Waals surface area contributed by atoms with Gasteiger partial charge in [-0.05, 0) is 37.0 Å². The first-order chi connectivity index (χ1) is 15.1. The quantitative estimate of drug-likeness (QED) is 0.455. The fourth-order valence-electron chi connectivity index (χ4n) is 3.84. The molecule has 0 aliphatic carbocycles. The Hall–Kier alpha value is -3.02. The van der Waals surface area contributed by atoms with E-state index in [4.69, 9.17) is 4.74 Å². The zero-order valence-corrected chi connectivity index (χ0v) is 18.2. The van der Waals surface area contributed by atoms with Gasteiger partial charge in [-0.2, -0.15) is 0 Å². The molecule has 0 aromatic heterocycles. The second-order valence-electron chi connectivity index (χ2n) is 8.08. The highest BCUT2D eigenvalue weighted by atomic mass is 16.5. The minimum Gasteiger partial charge on any atom is -0.491 e. The topological polar surface area (TPSA) is 79.5 Å². The molecule has 0 bridgehead atoms. The summed E-state index contributed by atoms with van der Waals surface area (Å²) in [6, 6.07) is 18.6. The highest BCUT2D eigenvalue weighted by Crippen LogP contribution is 2.21. The third-order valence-electron chi connectivity index (χ3n) is 5.59. The van der Waals surface area contributed by atoms with Crippen LogP contribution in [-0.2, 0) is 11.2 Å². The van der Waals surface area contributed by atoms with E-state index in [1.807, 2.05) is 43.3 Å². The smallest absolute Gasteiger partial charge is 0.315 e. The van der Waals surface area contributed by atoms with Crippen LogP contribution in [0.15, 0.2) is 54.6 Å². The van der Waals surface area contributed by atoms with Gasteiger partial charge >= 0.3 is 6.03 Å². The third kappa shape index (κ3) is 7.63. The molecule has 1 fully saturated rings. The molecule has 3 N–H and O–H groups in total. The van der Waals surface area contributed by atoms with Gasteiger partial charge in [0.25, 0.3) is 0 Å². The molecular formula is C25H33N3O3. The van der Waals surface area contributed by atoms with Gasteiger partial charge in [-0.1, -0.05) is 61.4 Å². The molecule has 6 heteroatoms. The largest absolute Gasteiger partial charge is 0.491 e. The number of nitrogens with one attached hydrogen (secondary N) is 3. The predicted octanol–water partition coefficient (Wildman–Crippen LogP) is 3.79. The van der Waals surface area contributed by atoms with Gasteiger partial charge in [0.1, 0.15) is 12.4 Å². The number of carbonyl (C=O) groups excluding carboxylic acids is 2. The molecule has 0 spiro atoms. The van der Waals surface area contributed by atoms with E-state index in [9.17, 15) is 9.59 Å². The van der Waals surface area contributed by atoms with Gasteiger partial charge in [-0.25, -0.2) is 4.79 Å². The zero-order chi connectivity index (χ0) is 21.9. The second kappa shape index (κ2) is 12.0. The summed E-state index contributed by atoms with van der Waals surface area (Å²) in [6.45, 7) is 2.96. The Morgan fingerprint density at radius 3 is 2.55 bits per heavy atom. The van der Waals surface area contributed by atoms with Crippen molar-refractivity contribution in [2.75, 3.05) is 13.2 Å². The van der Waals surface area contributed by atoms with Crippen LogP contribution in [0.3, 0.4) is 0 Å². The number of hydrogen-bond donors (Lipinski definition) is 3. The standard InChI is InChI=1S/C25H33N3O3/c1-19-22(28-25(30)27-19)13-6-3-7-15-24(29)26-16-17-31-23-14-9-8-12-21(23)18-20-10-4-2-5-11-20/h2,4-5,8-12,14,19,22H,3,6-7,13,15-18H2,1H3,(H,26,29)(H2,27,28,30)/t19-,22+/m1/s1. The summed E-state index contributed by atoms with van der Waals surface area (Å²) in [7, 11) is 0. The maximum absolute atomic E-state index is 12.0. The first-order valence-electron chi connectivity index (χ1n) is 11.2. The van der Waals surface area contributed by atoms with Crippen LogP contribution in [0.4, 0.5) is 4.79 Å². The van der Waals surface area contributed by atoms with Crippen LogP contribution in [-0.4, -0.2) is 37.2 Å². The maximum Gasteiger partial charge on any atom is 0.315 e. The van der Waals surface area contributed by atoms with Crippen molar-refractivity contribution in [1.29, 1.82) is 0 Å². The van der Waals surface area contributed by atoms with Gasteiger partial charge < -0.3 is 20.7 Å². The van der Waals surface area contributed by atoms with Crippen LogP contribution in [0.1, 0.15) is 50.2 Å². The van der Waals surface area contributed by atoms with Crippen LogP contribution in [0.5, 0.6) is 5.75 Å². The van der Waals surface area contributed by atoms with Crippen LogP contribution in [0.2, 0.25) is 0 Å². The second-order valence-corrected chi connectivity index (χ2v) is 8.08. The molecule has 1 saturated heterocycles. The van der Waals surface area contributed by atoms with Crippen molar-refractivity contribution in [2.24, 2.45) is 0 Å². The summed E-state index contributed by atoms with van der Waals surface area (Å²) in [5, 5.41) is 8.72. The average molecular weight is 424 g/mol. The van der Waals surface area contributed by atoms with Crippen LogP contribution in [0, 0.1) is 0 Å². The van der Waals surface area contributed by atoms with Crippen LogP contribution in [0.25, 0.3) is 0 Å². The summed E-state index contributed by atoms with van der Waals surface area (Å²) in [5.41, 5.74) is 2.39. The lowest BCUT2D eigenvalue weighted by Gasteiger charge is -2.13. The Balaban J connectivity index is 1.28. The number of urea groups is 1. The maximum atomic E-state index is 12.0. The molecule has 166 valence electrons. The van der Waals surface area contributed by atoms with E-state index >= 15 is 0 Å². The normalized spacial score (nSPS) is 17.6. The monoisotopic (exact) mass is 423 g/mol. The molecule has 0 saturated carbocycles. The van der Waals surface area contributed by atoms with Crippen molar-refractivity contribution in [1.82, 2.24) is 16.0 Å². The van der Waals surface area contributed by atoms with Gasteiger partial charge in [0, 0.05) is 18.9 Å². The number of hydrogen-bond acceptors (Lipinski definition) is 3. The Labute approximate surface area is 184 Å². The summed E-state index contributed by atoms with van der Waals surface area (Å²) in [4.78, 5) is 23.3. The van der Waals surface area contributed by atoms with E-state index < -0.39 is 0 Å². The van der Waals surface area contributed by atoms with Crippen molar-refractivity contribution in [3.05, 3.63) is 65.7 Å². The molecule has 2 aromatic rings. The minimum atomic E-state index is -0.0817. The fraction of sp³-hybridized carbons (Fsp3) is 0.440. The number of para-hydroxylation sites is 1. The van der Waals surface area contributed by atoms with Crippen molar-refractivity contribution in [3.63, 3.8) is 0 Å². The lowest BCUT2D eigenvalue weighted by molar-refractivity contribution is -0.121. The molecule has 2 atom stereocenters. The zero-order valence-electron chi connectivity index (χ0n) is 18.2. The van der Waals surface area contributed by atoms with Crippen molar-refractivity contribution in [2.45, 2.75) is 57.5 Å². The van der Waals surface area contributed by atoms with E-state index in [2.05, 4.69) is 34.1 Å². The van der Waals surface area contributed by atoms with Gasteiger partial charge in [0.2, 0.25) is 5.91 Å². The number of benzene rings is 2. The molecule has 1 heterocycles. The first kappa shape index (κ1) is 22.7. The molecule has 2 aromatic carbocycles. The third-order valence-corrected chi connectivity index (χ3v) is 5.59. The molecule has 31 heavy (non-hydrogen) atoms. The molecule has 1 aliphatic rings. The Morgan fingerprint density at radius 2 is 1.77 bits per heavy atom. The van der Waals surface area contributed by atoms with Crippen LogP contribution < -0.4 is 20.7 Å². The lowest BCUT2D eigenvalue weighted by Crippen LogP contribution is -2.30. The number of unbranched alkanes of at least 4 members (excludes halogenated alkanes) is 2. The van der Waals surface area contributed by atoms with E-state index in [1.54, 1.807) is 0 Å². The summed E-state index contributed by atoms with van der Waals surface area (Å²) < 4.78 is 5.92. The highest BCUT2D eigenvalue weighted by molar-refractivity contribution is 5.77. The predicted molar refractivity (Wildman–Crippen MR) is 122 cm³/mol. The van der Waals surface area contributed by atoms with Crippen molar-refractivity contribution < 1.29 is 14.3 Å². The highest BCUT2D eigenvalue weighted by Gasteiger charge is 2.26. The molecule has 3 rings (SSSR count). The van der Waals surface area contributed by atoms with E-state index in [0.717, 1.165) is 43.4 Å².